The molecule has 2 unspecified atom stereocenters. The topological polar surface area (TPSA) is 94.2 Å². The maximum Gasteiger partial charge on any atom is 0.245 e. The Labute approximate surface area is 153 Å². The van der Waals surface area contributed by atoms with Gasteiger partial charge in [0.15, 0.2) is 0 Å². The van der Waals surface area contributed by atoms with Crippen molar-refractivity contribution in [2.24, 2.45) is 0 Å². The molecular weight excluding hydrogens is 334 g/mol. The van der Waals surface area contributed by atoms with Gasteiger partial charge in [-0.2, -0.15) is 0 Å². The fourth-order valence-corrected chi connectivity index (χ4v) is 3.61. The number of hydrogen-bond acceptors (Lipinski definition) is 5. The molecule has 2 aliphatic rings. The van der Waals surface area contributed by atoms with Crippen LogP contribution in [-0.4, -0.2) is 65.4 Å². The molecule has 5 atom stereocenters. The monoisotopic (exact) mass is 361 g/mol. The van der Waals surface area contributed by atoms with Crippen LogP contribution in [0.5, 0.6) is 0 Å². The standard InChI is InChI=1S/C19H27N3O4/c1-12(21-13(2)23)19(25)22-11-15(24)10-16(22)17-18(26-17)20-9-8-14-6-4-3-5-7-14/h3-7,12,15-18,20,24H,8-11H2,1-2H3,(H,21,23)/t12-,15+,16-,17?,18?/m0/s1. The molecular formula is C19H27N3O4. The lowest BCUT2D eigenvalue weighted by Gasteiger charge is -2.26. The van der Waals surface area contributed by atoms with Crippen molar-refractivity contribution in [3.8, 4) is 0 Å². The van der Waals surface area contributed by atoms with Gasteiger partial charge in [-0.1, -0.05) is 30.3 Å². The number of epoxide rings is 1. The Morgan fingerprint density at radius 1 is 1.35 bits per heavy atom. The quantitative estimate of drug-likeness (QED) is 0.596. The molecule has 142 valence electrons. The summed E-state index contributed by atoms with van der Waals surface area (Å²) in [7, 11) is 0. The molecule has 0 bridgehead atoms. The SMILES string of the molecule is CC(=O)N[C@@H](C)C(=O)N1C[C@H](O)C[C@H]1C1OC1NCCc1ccccc1. The number of β-amino-alcohol motifs (C(OH)–C–C–N with tert-alkyl or cyclic N) is 1. The van der Waals surface area contributed by atoms with Gasteiger partial charge >= 0.3 is 0 Å². The molecule has 0 saturated carbocycles. The van der Waals surface area contributed by atoms with Crippen LogP contribution in [0.15, 0.2) is 30.3 Å². The molecule has 2 aliphatic heterocycles. The molecule has 7 nitrogen and oxygen atoms in total. The summed E-state index contributed by atoms with van der Waals surface area (Å²) in [6, 6.07) is 9.44. The molecule has 2 heterocycles. The van der Waals surface area contributed by atoms with Crippen LogP contribution < -0.4 is 10.6 Å². The number of carbonyl (C=O) groups excluding carboxylic acids is 2. The number of ether oxygens (including phenoxy) is 1. The van der Waals surface area contributed by atoms with Crippen LogP contribution in [0.2, 0.25) is 0 Å². The fourth-order valence-electron chi connectivity index (χ4n) is 3.61. The number of rotatable bonds is 7. The Hall–Kier alpha value is -1.96. The lowest BCUT2D eigenvalue weighted by molar-refractivity contribution is -0.136. The van der Waals surface area contributed by atoms with E-state index < -0.39 is 12.1 Å². The van der Waals surface area contributed by atoms with Crippen molar-refractivity contribution in [3.05, 3.63) is 35.9 Å². The number of likely N-dealkylation sites (tertiary alicyclic amines) is 1. The number of amides is 2. The number of aliphatic hydroxyl groups excluding tert-OH is 1. The second-order valence-corrected chi connectivity index (χ2v) is 7.08. The van der Waals surface area contributed by atoms with E-state index in [1.807, 2.05) is 18.2 Å². The number of hydrogen-bond donors (Lipinski definition) is 3. The summed E-state index contributed by atoms with van der Waals surface area (Å²) in [6.45, 7) is 4.12. The zero-order valence-corrected chi connectivity index (χ0v) is 15.2. The third-order valence-electron chi connectivity index (χ3n) is 4.90. The minimum absolute atomic E-state index is 0.0969. The largest absolute Gasteiger partial charge is 0.391 e. The van der Waals surface area contributed by atoms with Crippen molar-refractivity contribution < 1.29 is 19.4 Å². The minimum Gasteiger partial charge on any atom is -0.391 e. The van der Waals surface area contributed by atoms with E-state index in [1.165, 1.54) is 12.5 Å². The molecule has 7 heteroatoms. The number of aliphatic hydroxyl groups is 1. The van der Waals surface area contributed by atoms with Crippen molar-refractivity contribution in [3.63, 3.8) is 0 Å². The van der Waals surface area contributed by atoms with Crippen molar-refractivity contribution in [1.29, 1.82) is 0 Å². The van der Waals surface area contributed by atoms with E-state index in [0.717, 1.165) is 13.0 Å². The average molecular weight is 361 g/mol. The molecule has 3 N–H and O–H groups in total. The summed E-state index contributed by atoms with van der Waals surface area (Å²) in [4.78, 5) is 25.4. The Kier molecular flexibility index (Phi) is 5.90. The number of nitrogens with zero attached hydrogens (tertiary/aromatic N) is 1. The van der Waals surface area contributed by atoms with Crippen molar-refractivity contribution in [2.45, 2.75) is 57.2 Å². The highest BCUT2D eigenvalue weighted by atomic mass is 16.6. The number of nitrogens with one attached hydrogen (secondary N) is 2. The van der Waals surface area contributed by atoms with Gasteiger partial charge in [-0.25, -0.2) is 0 Å². The summed E-state index contributed by atoms with van der Waals surface area (Å²) in [5.74, 6) is -0.425. The lowest BCUT2D eigenvalue weighted by atomic mass is 10.1. The summed E-state index contributed by atoms with van der Waals surface area (Å²) in [5.41, 5.74) is 1.26. The van der Waals surface area contributed by atoms with Gasteiger partial charge in [-0.3, -0.25) is 14.9 Å². The molecule has 0 aliphatic carbocycles. The summed E-state index contributed by atoms with van der Waals surface area (Å²) < 4.78 is 5.72. The predicted molar refractivity (Wildman–Crippen MR) is 96.2 cm³/mol. The third-order valence-corrected chi connectivity index (χ3v) is 4.90. The summed E-state index contributed by atoms with van der Waals surface area (Å²) in [5, 5.41) is 16.0. The predicted octanol–water partition coefficient (Wildman–Crippen LogP) is 0.0300. The van der Waals surface area contributed by atoms with Crippen molar-refractivity contribution in [1.82, 2.24) is 15.5 Å². The van der Waals surface area contributed by atoms with Gasteiger partial charge in [0.05, 0.1) is 12.1 Å². The maximum atomic E-state index is 12.6. The average Bonchev–Trinajstić information content (AvgIpc) is 3.27. The highest BCUT2D eigenvalue weighted by Gasteiger charge is 2.52. The molecule has 3 rings (SSSR count). The van der Waals surface area contributed by atoms with Crippen molar-refractivity contribution in [2.75, 3.05) is 13.1 Å². The van der Waals surface area contributed by atoms with Crippen LogP contribution in [0, 0.1) is 0 Å². The van der Waals surface area contributed by atoms with Gasteiger partial charge in [0, 0.05) is 20.0 Å². The molecule has 0 aromatic heterocycles. The van der Waals surface area contributed by atoms with Gasteiger partial charge in [-0.15, -0.1) is 0 Å². The zero-order valence-electron chi connectivity index (χ0n) is 15.2. The molecule has 2 saturated heterocycles. The summed E-state index contributed by atoms with van der Waals surface area (Å²) >= 11 is 0. The Bertz CT molecular complexity index is 639. The van der Waals surface area contributed by atoms with E-state index >= 15 is 0 Å². The first-order chi connectivity index (χ1) is 12.5. The van der Waals surface area contributed by atoms with E-state index in [0.29, 0.717) is 6.42 Å². The van der Waals surface area contributed by atoms with Crippen LogP contribution >= 0.6 is 0 Å². The Balaban J connectivity index is 1.50. The maximum absolute atomic E-state index is 12.6. The first-order valence-corrected chi connectivity index (χ1v) is 9.14. The smallest absolute Gasteiger partial charge is 0.245 e. The van der Waals surface area contributed by atoms with E-state index in [1.54, 1.807) is 11.8 Å². The normalized spacial score (nSPS) is 28.7. The molecule has 26 heavy (non-hydrogen) atoms. The van der Waals surface area contributed by atoms with Crippen LogP contribution in [-0.2, 0) is 20.7 Å². The Morgan fingerprint density at radius 3 is 2.77 bits per heavy atom. The highest BCUT2D eigenvalue weighted by Crippen LogP contribution is 2.33. The van der Waals surface area contributed by atoms with Crippen LogP contribution in [0.1, 0.15) is 25.8 Å². The van der Waals surface area contributed by atoms with Crippen LogP contribution in [0.3, 0.4) is 0 Å². The molecule has 2 fully saturated rings. The van der Waals surface area contributed by atoms with E-state index in [4.69, 9.17) is 4.74 Å². The van der Waals surface area contributed by atoms with Gasteiger partial charge in [0.1, 0.15) is 18.4 Å². The number of benzene rings is 1. The first-order valence-electron chi connectivity index (χ1n) is 9.14. The molecule has 1 aromatic rings. The fraction of sp³-hybridized carbons (Fsp3) is 0.579. The third kappa shape index (κ3) is 4.60. The second kappa shape index (κ2) is 8.16. The molecule has 1 aromatic carbocycles. The van der Waals surface area contributed by atoms with Gasteiger partial charge < -0.3 is 20.1 Å². The van der Waals surface area contributed by atoms with Gasteiger partial charge in [0.2, 0.25) is 11.8 Å². The summed E-state index contributed by atoms with van der Waals surface area (Å²) in [6.07, 6.45) is 0.641. The Morgan fingerprint density at radius 2 is 2.08 bits per heavy atom. The minimum atomic E-state index is -0.608. The number of carbonyl (C=O) groups is 2. The molecule has 0 radical (unpaired) electrons. The van der Waals surface area contributed by atoms with E-state index in [2.05, 4.69) is 22.8 Å². The van der Waals surface area contributed by atoms with Crippen LogP contribution in [0.4, 0.5) is 0 Å². The second-order valence-electron chi connectivity index (χ2n) is 7.08. The molecule has 0 spiro atoms. The van der Waals surface area contributed by atoms with Gasteiger partial charge in [-0.05, 0) is 25.3 Å². The molecule has 2 amide bonds. The van der Waals surface area contributed by atoms with Gasteiger partial charge in [0.25, 0.3) is 0 Å². The highest BCUT2D eigenvalue weighted by molar-refractivity contribution is 5.87. The van der Waals surface area contributed by atoms with E-state index in [9.17, 15) is 14.7 Å². The van der Waals surface area contributed by atoms with E-state index in [-0.39, 0.29) is 36.7 Å². The van der Waals surface area contributed by atoms with Crippen molar-refractivity contribution >= 4 is 11.8 Å². The first kappa shape index (κ1) is 18.8. The zero-order chi connectivity index (χ0) is 18.7. The lowest BCUT2D eigenvalue weighted by Crippen LogP contribution is -2.50. The van der Waals surface area contributed by atoms with Crippen LogP contribution in [0.25, 0.3) is 0 Å².